The van der Waals surface area contributed by atoms with Crippen LogP contribution in [0.2, 0.25) is 0 Å². The van der Waals surface area contributed by atoms with Crippen molar-refractivity contribution in [3.05, 3.63) is 58.8 Å². The largest absolute Gasteiger partial charge is 0.497 e. The molecule has 0 saturated heterocycles. The summed E-state index contributed by atoms with van der Waals surface area (Å²) in [6.45, 7) is 2.92. The first-order valence-electron chi connectivity index (χ1n) is 9.23. The minimum absolute atomic E-state index is 0.0000603. The fraction of sp³-hybridized carbons (Fsp3) is 0.333. The first-order valence-corrected chi connectivity index (χ1v) is 9.23. The number of aromatic nitrogens is 1. The second-order valence-electron chi connectivity index (χ2n) is 7.10. The molecule has 0 bridgehead atoms. The highest BCUT2D eigenvalue weighted by atomic mass is 19.4. The van der Waals surface area contributed by atoms with Crippen molar-refractivity contribution in [1.82, 2.24) is 10.3 Å². The van der Waals surface area contributed by atoms with Crippen LogP contribution in [0.4, 0.5) is 22.0 Å². The Balaban J connectivity index is 1.80. The predicted octanol–water partition coefficient (Wildman–Crippen LogP) is 5.40. The molecule has 1 heterocycles. The van der Waals surface area contributed by atoms with Crippen molar-refractivity contribution in [2.75, 3.05) is 7.11 Å². The number of benzene rings is 1. The molecule has 0 saturated carbocycles. The third kappa shape index (κ3) is 4.95. The van der Waals surface area contributed by atoms with Gasteiger partial charge in [-0.05, 0) is 49.3 Å². The fourth-order valence-corrected chi connectivity index (χ4v) is 3.02. The van der Waals surface area contributed by atoms with Crippen LogP contribution < -0.4 is 10.1 Å². The van der Waals surface area contributed by atoms with Gasteiger partial charge in [-0.15, -0.1) is 0 Å². The molecule has 1 N–H and O–H groups in total. The second kappa shape index (κ2) is 8.52. The average Bonchev–Trinajstić information content (AvgIpc) is 3.21. The van der Waals surface area contributed by atoms with Crippen LogP contribution in [0, 0.1) is 0 Å². The Bertz CT molecular complexity index is 1060. The number of ether oxygens (including phenoxy) is 1. The average molecular weight is 442 g/mol. The van der Waals surface area contributed by atoms with Gasteiger partial charge in [0.05, 0.1) is 12.7 Å². The van der Waals surface area contributed by atoms with Crippen LogP contribution in [-0.2, 0) is 6.18 Å². The van der Waals surface area contributed by atoms with Crippen molar-refractivity contribution in [1.29, 1.82) is 0 Å². The molecule has 1 aliphatic carbocycles. The van der Waals surface area contributed by atoms with E-state index in [4.69, 9.17) is 9.15 Å². The van der Waals surface area contributed by atoms with Crippen molar-refractivity contribution in [2.45, 2.75) is 38.7 Å². The summed E-state index contributed by atoms with van der Waals surface area (Å²) in [5.41, 5.74) is -0.833. The SMILES string of the molecule is COc1cc(-c2nc(C(=O)NC(C)C3=CC(F)=C(C)C(F)C3)co2)cc(C(F)(F)F)c1. The summed E-state index contributed by atoms with van der Waals surface area (Å²) in [7, 11) is 1.22. The zero-order chi connectivity index (χ0) is 22.9. The number of nitrogens with zero attached hydrogens (tertiary/aromatic N) is 1. The van der Waals surface area contributed by atoms with Gasteiger partial charge < -0.3 is 14.5 Å². The van der Waals surface area contributed by atoms with Crippen LogP contribution in [0.1, 0.15) is 36.3 Å². The standard InChI is InChI=1S/C21H19F5N2O3/c1-10-16(22)6-12(7-17(10)23)11(2)27-19(29)18-9-31-20(28-18)13-4-14(21(24,25)26)8-15(5-13)30-3/h4-6,8-9,11,17H,7H2,1-3H3,(H,27,29). The van der Waals surface area contributed by atoms with Crippen molar-refractivity contribution >= 4 is 5.91 Å². The molecule has 2 atom stereocenters. The third-order valence-electron chi connectivity index (χ3n) is 4.93. The number of carbonyl (C=O) groups excluding carboxylic acids is 1. The zero-order valence-corrected chi connectivity index (χ0v) is 16.8. The monoisotopic (exact) mass is 442 g/mol. The summed E-state index contributed by atoms with van der Waals surface area (Å²) < 4.78 is 77.1. The van der Waals surface area contributed by atoms with E-state index in [-0.39, 0.29) is 34.9 Å². The number of carbonyl (C=O) groups is 1. The lowest BCUT2D eigenvalue weighted by atomic mass is 9.92. The minimum Gasteiger partial charge on any atom is -0.497 e. The highest BCUT2D eigenvalue weighted by Crippen LogP contribution is 2.35. The van der Waals surface area contributed by atoms with Gasteiger partial charge in [-0.25, -0.2) is 13.8 Å². The number of methoxy groups -OCH3 is 1. The third-order valence-corrected chi connectivity index (χ3v) is 4.93. The lowest BCUT2D eigenvalue weighted by molar-refractivity contribution is -0.137. The van der Waals surface area contributed by atoms with Gasteiger partial charge >= 0.3 is 6.18 Å². The molecule has 10 heteroatoms. The zero-order valence-electron chi connectivity index (χ0n) is 16.8. The van der Waals surface area contributed by atoms with Crippen molar-refractivity contribution in [3.63, 3.8) is 0 Å². The van der Waals surface area contributed by atoms with Crippen molar-refractivity contribution in [3.8, 4) is 17.2 Å². The first-order chi connectivity index (χ1) is 14.5. The second-order valence-corrected chi connectivity index (χ2v) is 7.10. The normalized spacial score (nSPS) is 17.9. The van der Waals surface area contributed by atoms with E-state index in [1.165, 1.54) is 26.2 Å². The molecule has 5 nitrogen and oxygen atoms in total. The maximum Gasteiger partial charge on any atom is 0.416 e. The number of allylic oxidation sites excluding steroid dienone is 3. The maximum atomic E-state index is 13.9. The Morgan fingerprint density at radius 3 is 2.65 bits per heavy atom. The van der Waals surface area contributed by atoms with Crippen LogP contribution in [0.25, 0.3) is 11.5 Å². The molecular formula is C21H19F5N2O3. The van der Waals surface area contributed by atoms with Gasteiger partial charge in [0.15, 0.2) is 5.69 Å². The van der Waals surface area contributed by atoms with E-state index in [9.17, 15) is 26.7 Å². The minimum atomic E-state index is -4.62. The topological polar surface area (TPSA) is 64.4 Å². The maximum absolute atomic E-state index is 13.9. The fourth-order valence-electron chi connectivity index (χ4n) is 3.02. The molecule has 0 aliphatic heterocycles. The van der Waals surface area contributed by atoms with E-state index >= 15 is 0 Å². The summed E-state index contributed by atoms with van der Waals surface area (Å²) in [6.07, 6.45) is -3.99. The molecule has 1 aromatic heterocycles. The number of alkyl halides is 4. The number of rotatable bonds is 5. The summed E-state index contributed by atoms with van der Waals surface area (Å²) >= 11 is 0. The van der Waals surface area contributed by atoms with Gasteiger partial charge in [0, 0.05) is 18.0 Å². The molecule has 2 aromatic rings. The molecule has 0 radical (unpaired) electrons. The van der Waals surface area contributed by atoms with E-state index < -0.39 is 35.7 Å². The summed E-state index contributed by atoms with van der Waals surface area (Å²) in [4.78, 5) is 16.4. The molecule has 0 fully saturated rings. The molecule has 2 unspecified atom stereocenters. The molecule has 166 valence electrons. The van der Waals surface area contributed by atoms with Crippen LogP contribution in [-0.4, -0.2) is 30.2 Å². The number of amides is 1. The van der Waals surface area contributed by atoms with E-state index in [0.717, 1.165) is 18.4 Å². The Labute approximate surface area is 174 Å². The molecule has 0 spiro atoms. The Morgan fingerprint density at radius 1 is 1.32 bits per heavy atom. The van der Waals surface area contributed by atoms with Gasteiger partial charge in [-0.1, -0.05) is 0 Å². The lowest BCUT2D eigenvalue weighted by Crippen LogP contribution is -2.35. The Hall–Kier alpha value is -3.17. The van der Waals surface area contributed by atoms with Gasteiger partial charge in [0.2, 0.25) is 5.89 Å². The number of hydrogen-bond acceptors (Lipinski definition) is 4. The number of hydrogen-bond donors (Lipinski definition) is 1. The molecular weight excluding hydrogens is 423 g/mol. The Kier molecular flexibility index (Phi) is 6.19. The van der Waals surface area contributed by atoms with Crippen molar-refractivity contribution < 1.29 is 35.9 Å². The quantitative estimate of drug-likeness (QED) is 0.630. The number of halogens is 5. The van der Waals surface area contributed by atoms with Crippen LogP contribution >= 0.6 is 0 Å². The van der Waals surface area contributed by atoms with Crippen LogP contribution in [0.3, 0.4) is 0 Å². The molecule has 1 aliphatic rings. The molecule has 1 aromatic carbocycles. The van der Waals surface area contributed by atoms with E-state index in [0.29, 0.717) is 5.57 Å². The van der Waals surface area contributed by atoms with E-state index in [2.05, 4.69) is 10.3 Å². The van der Waals surface area contributed by atoms with Crippen molar-refractivity contribution in [2.24, 2.45) is 0 Å². The highest BCUT2D eigenvalue weighted by molar-refractivity contribution is 5.92. The predicted molar refractivity (Wildman–Crippen MR) is 102 cm³/mol. The van der Waals surface area contributed by atoms with Crippen LogP contribution in [0.5, 0.6) is 5.75 Å². The van der Waals surface area contributed by atoms with E-state index in [1.807, 2.05) is 0 Å². The molecule has 1 amide bonds. The lowest BCUT2D eigenvalue weighted by Gasteiger charge is -2.23. The molecule has 3 rings (SSSR count). The smallest absolute Gasteiger partial charge is 0.416 e. The summed E-state index contributed by atoms with van der Waals surface area (Å²) in [5, 5.41) is 2.55. The Morgan fingerprint density at radius 2 is 2.03 bits per heavy atom. The first kappa shape index (κ1) is 22.5. The van der Waals surface area contributed by atoms with Gasteiger partial charge in [-0.3, -0.25) is 4.79 Å². The van der Waals surface area contributed by atoms with Gasteiger partial charge in [0.25, 0.3) is 5.91 Å². The number of oxazole rings is 1. The summed E-state index contributed by atoms with van der Waals surface area (Å²) in [6, 6.07) is 2.24. The number of nitrogens with one attached hydrogen (secondary N) is 1. The van der Waals surface area contributed by atoms with Crippen LogP contribution in [0.15, 0.2) is 51.9 Å². The van der Waals surface area contributed by atoms with Gasteiger partial charge in [-0.2, -0.15) is 13.2 Å². The van der Waals surface area contributed by atoms with E-state index in [1.54, 1.807) is 6.92 Å². The van der Waals surface area contributed by atoms with Gasteiger partial charge in [0.1, 0.15) is 24.0 Å². The summed E-state index contributed by atoms with van der Waals surface area (Å²) in [5.74, 6) is -1.66. The highest BCUT2D eigenvalue weighted by Gasteiger charge is 2.32. The molecule has 31 heavy (non-hydrogen) atoms.